The molecule has 0 heterocycles. The number of carbonyl (C=O) groups excluding carboxylic acids is 1. The molecule has 1 amide bonds. The summed E-state index contributed by atoms with van der Waals surface area (Å²) >= 11 is 0. The van der Waals surface area contributed by atoms with Gasteiger partial charge in [0.05, 0.1) is 12.7 Å². The lowest BCUT2D eigenvalue weighted by molar-refractivity contribution is 0.0951. The summed E-state index contributed by atoms with van der Waals surface area (Å²) in [6.45, 7) is 0.681. The molecule has 3 heteroatoms. The SMILES string of the molecule is COc1cc2ccccc2cc1C(=O)NCCC1=CCCCC1. The van der Waals surface area contributed by atoms with E-state index in [2.05, 4.69) is 11.4 Å². The monoisotopic (exact) mass is 309 g/mol. The van der Waals surface area contributed by atoms with Gasteiger partial charge in [0.1, 0.15) is 5.75 Å². The fourth-order valence-corrected chi connectivity index (χ4v) is 3.13. The van der Waals surface area contributed by atoms with Crippen LogP contribution in [0, 0.1) is 0 Å². The van der Waals surface area contributed by atoms with Crippen molar-refractivity contribution in [3.05, 3.63) is 53.6 Å². The highest BCUT2D eigenvalue weighted by molar-refractivity contribution is 6.01. The number of hydrogen-bond donors (Lipinski definition) is 1. The second-order valence-corrected chi connectivity index (χ2v) is 6.01. The van der Waals surface area contributed by atoms with Gasteiger partial charge in [0, 0.05) is 6.54 Å². The van der Waals surface area contributed by atoms with Crippen LogP contribution in [0.3, 0.4) is 0 Å². The number of amides is 1. The Bertz CT molecular complexity index is 733. The number of hydrogen-bond acceptors (Lipinski definition) is 2. The number of fused-ring (bicyclic) bond motifs is 1. The molecule has 0 radical (unpaired) electrons. The van der Waals surface area contributed by atoms with Gasteiger partial charge in [-0.3, -0.25) is 4.79 Å². The van der Waals surface area contributed by atoms with Gasteiger partial charge >= 0.3 is 0 Å². The van der Waals surface area contributed by atoms with Crippen molar-refractivity contribution in [2.24, 2.45) is 0 Å². The van der Waals surface area contributed by atoms with Crippen LogP contribution in [0.25, 0.3) is 10.8 Å². The van der Waals surface area contributed by atoms with Crippen molar-refractivity contribution in [3.8, 4) is 5.75 Å². The van der Waals surface area contributed by atoms with Crippen LogP contribution >= 0.6 is 0 Å². The Morgan fingerprint density at radius 3 is 2.65 bits per heavy atom. The zero-order valence-corrected chi connectivity index (χ0v) is 13.6. The highest BCUT2D eigenvalue weighted by atomic mass is 16.5. The number of rotatable bonds is 5. The molecule has 2 aromatic carbocycles. The van der Waals surface area contributed by atoms with Gasteiger partial charge in [-0.05, 0) is 55.0 Å². The smallest absolute Gasteiger partial charge is 0.255 e. The van der Waals surface area contributed by atoms with E-state index < -0.39 is 0 Å². The molecule has 120 valence electrons. The number of methoxy groups -OCH3 is 1. The molecule has 23 heavy (non-hydrogen) atoms. The first kappa shape index (κ1) is 15.6. The number of allylic oxidation sites excluding steroid dienone is 1. The molecule has 1 aliphatic rings. The van der Waals surface area contributed by atoms with Crippen molar-refractivity contribution in [2.75, 3.05) is 13.7 Å². The summed E-state index contributed by atoms with van der Waals surface area (Å²) in [5.41, 5.74) is 2.07. The second kappa shape index (κ2) is 7.32. The molecule has 0 atom stereocenters. The first-order valence-corrected chi connectivity index (χ1v) is 8.31. The summed E-state index contributed by atoms with van der Waals surface area (Å²) in [5, 5.41) is 5.15. The molecule has 3 rings (SSSR count). The number of benzene rings is 2. The Labute approximate surface area is 137 Å². The summed E-state index contributed by atoms with van der Waals surface area (Å²) in [6, 6.07) is 11.8. The van der Waals surface area contributed by atoms with E-state index in [0.29, 0.717) is 17.9 Å². The van der Waals surface area contributed by atoms with E-state index in [9.17, 15) is 4.79 Å². The lowest BCUT2D eigenvalue weighted by Gasteiger charge is -2.14. The molecule has 0 unspecified atom stereocenters. The van der Waals surface area contributed by atoms with Gasteiger partial charge in [-0.15, -0.1) is 0 Å². The quantitative estimate of drug-likeness (QED) is 0.828. The molecular formula is C20H23NO2. The van der Waals surface area contributed by atoms with E-state index in [0.717, 1.165) is 17.2 Å². The molecule has 0 aliphatic heterocycles. The molecule has 0 saturated heterocycles. The Balaban J connectivity index is 1.70. The van der Waals surface area contributed by atoms with Crippen LogP contribution in [0.4, 0.5) is 0 Å². The van der Waals surface area contributed by atoms with Gasteiger partial charge in [-0.2, -0.15) is 0 Å². The maximum absolute atomic E-state index is 12.5. The molecular weight excluding hydrogens is 286 g/mol. The molecule has 1 aliphatic carbocycles. The van der Waals surface area contributed by atoms with Crippen LogP contribution in [0.5, 0.6) is 5.75 Å². The van der Waals surface area contributed by atoms with E-state index >= 15 is 0 Å². The van der Waals surface area contributed by atoms with Crippen LogP contribution in [0.15, 0.2) is 48.0 Å². The Morgan fingerprint density at radius 2 is 1.96 bits per heavy atom. The minimum absolute atomic E-state index is 0.0657. The third-order valence-corrected chi connectivity index (χ3v) is 4.43. The molecule has 0 bridgehead atoms. The molecule has 0 spiro atoms. The van der Waals surface area contributed by atoms with Gasteiger partial charge in [-0.1, -0.05) is 35.9 Å². The van der Waals surface area contributed by atoms with E-state index in [1.54, 1.807) is 7.11 Å². The zero-order valence-electron chi connectivity index (χ0n) is 13.6. The van der Waals surface area contributed by atoms with E-state index in [1.165, 1.54) is 31.3 Å². The summed E-state index contributed by atoms with van der Waals surface area (Å²) in [6.07, 6.45) is 8.20. The van der Waals surface area contributed by atoms with Crippen molar-refractivity contribution in [2.45, 2.75) is 32.1 Å². The Kier molecular flexibility index (Phi) is 4.96. The van der Waals surface area contributed by atoms with Crippen LogP contribution in [0.2, 0.25) is 0 Å². The van der Waals surface area contributed by atoms with Crippen molar-refractivity contribution >= 4 is 16.7 Å². The highest BCUT2D eigenvalue weighted by Gasteiger charge is 2.13. The maximum atomic E-state index is 12.5. The van der Waals surface area contributed by atoms with Crippen molar-refractivity contribution in [1.82, 2.24) is 5.32 Å². The molecule has 0 aromatic heterocycles. The first-order chi connectivity index (χ1) is 11.3. The van der Waals surface area contributed by atoms with Gasteiger partial charge in [-0.25, -0.2) is 0 Å². The van der Waals surface area contributed by atoms with Gasteiger partial charge in [0.2, 0.25) is 0 Å². The average Bonchev–Trinajstić information content (AvgIpc) is 2.61. The van der Waals surface area contributed by atoms with Crippen molar-refractivity contribution in [3.63, 3.8) is 0 Å². The number of carbonyl (C=O) groups is 1. The fraction of sp³-hybridized carbons (Fsp3) is 0.350. The lowest BCUT2D eigenvalue weighted by atomic mass is 9.97. The topological polar surface area (TPSA) is 38.3 Å². The van der Waals surface area contributed by atoms with Gasteiger partial charge in [0.25, 0.3) is 5.91 Å². The average molecular weight is 309 g/mol. The zero-order chi connectivity index (χ0) is 16.1. The number of ether oxygens (including phenoxy) is 1. The predicted octanol–water partition coefficient (Wildman–Crippen LogP) is 4.47. The first-order valence-electron chi connectivity index (χ1n) is 8.31. The summed E-state index contributed by atoms with van der Waals surface area (Å²) in [7, 11) is 1.60. The maximum Gasteiger partial charge on any atom is 0.255 e. The minimum Gasteiger partial charge on any atom is -0.496 e. The Hall–Kier alpha value is -2.29. The lowest BCUT2D eigenvalue weighted by Crippen LogP contribution is -2.25. The Morgan fingerprint density at radius 1 is 1.17 bits per heavy atom. The van der Waals surface area contributed by atoms with Crippen LogP contribution < -0.4 is 10.1 Å². The largest absolute Gasteiger partial charge is 0.496 e. The molecule has 0 fully saturated rings. The summed E-state index contributed by atoms with van der Waals surface area (Å²) < 4.78 is 5.40. The third-order valence-electron chi connectivity index (χ3n) is 4.43. The van der Waals surface area contributed by atoms with Gasteiger partial charge in [0.15, 0.2) is 0 Å². The van der Waals surface area contributed by atoms with E-state index in [1.807, 2.05) is 36.4 Å². The van der Waals surface area contributed by atoms with Crippen molar-refractivity contribution in [1.29, 1.82) is 0 Å². The van der Waals surface area contributed by atoms with Crippen molar-refractivity contribution < 1.29 is 9.53 Å². The second-order valence-electron chi connectivity index (χ2n) is 6.01. The van der Waals surface area contributed by atoms with Gasteiger partial charge < -0.3 is 10.1 Å². The summed E-state index contributed by atoms with van der Waals surface area (Å²) in [5.74, 6) is 0.557. The van der Waals surface area contributed by atoms with Crippen LogP contribution in [0.1, 0.15) is 42.5 Å². The normalized spacial score (nSPS) is 14.4. The fourth-order valence-electron chi connectivity index (χ4n) is 3.13. The highest BCUT2D eigenvalue weighted by Crippen LogP contribution is 2.26. The van der Waals surface area contributed by atoms with Crippen LogP contribution in [-0.2, 0) is 0 Å². The number of nitrogens with one attached hydrogen (secondary N) is 1. The third kappa shape index (κ3) is 3.73. The standard InChI is InChI=1S/C20H23NO2/c1-23-19-14-17-10-6-5-9-16(17)13-18(19)20(22)21-12-11-15-7-3-2-4-8-15/h5-7,9-10,13-14H,2-4,8,11-12H2,1H3,(H,21,22). The van der Waals surface area contributed by atoms with E-state index in [-0.39, 0.29) is 5.91 Å². The molecule has 0 saturated carbocycles. The van der Waals surface area contributed by atoms with E-state index in [4.69, 9.17) is 4.74 Å². The molecule has 3 nitrogen and oxygen atoms in total. The minimum atomic E-state index is -0.0657. The molecule has 1 N–H and O–H groups in total. The summed E-state index contributed by atoms with van der Waals surface area (Å²) in [4.78, 5) is 12.5. The predicted molar refractivity (Wildman–Crippen MR) is 94.0 cm³/mol. The molecule has 2 aromatic rings. The van der Waals surface area contributed by atoms with Crippen LogP contribution in [-0.4, -0.2) is 19.6 Å².